The molecule has 0 aliphatic heterocycles. The zero-order chi connectivity index (χ0) is 8.85. The summed E-state index contributed by atoms with van der Waals surface area (Å²) in [5.74, 6) is -0.120. The highest BCUT2D eigenvalue weighted by molar-refractivity contribution is 6.33. The molecule has 5 heteroatoms. The van der Waals surface area contributed by atoms with Gasteiger partial charge in [0.05, 0.1) is 10.8 Å². The van der Waals surface area contributed by atoms with Crippen molar-refractivity contribution in [3.8, 4) is 0 Å². The number of ether oxygens (including phenoxy) is 1. The predicted molar refractivity (Wildman–Crippen MR) is 46.6 cm³/mol. The van der Waals surface area contributed by atoms with Crippen LogP contribution in [0.3, 0.4) is 0 Å². The van der Waals surface area contributed by atoms with Gasteiger partial charge in [-0.2, -0.15) is 0 Å². The first kappa shape index (κ1) is 11.3. The van der Waals surface area contributed by atoms with E-state index in [0.29, 0.717) is 0 Å². The molecule has 0 spiro atoms. The van der Waals surface area contributed by atoms with E-state index in [2.05, 4.69) is 4.74 Å². The third-order valence-electron chi connectivity index (χ3n) is 0.986. The molecule has 0 aromatic heterocycles. The fraction of sp³-hybridized carbons (Fsp3) is 0.833. The van der Waals surface area contributed by atoms with Crippen molar-refractivity contribution in [2.24, 2.45) is 0 Å². The summed E-state index contributed by atoms with van der Waals surface area (Å²) in [5.41, 5.74) is 0. The maximum Gasteiger partial charge on any atom is 0.302 e. The SMILES string of the molecule is CC(=O)OCC(Cl)C(Cl)CCl. The van der Waals surface area contributed by atoms with Gasteiger partial charge in [0, 0.05) is 12.8 Å². The largest absolute Gasteiger partial charge is 0.464 e. The summed E-state index contributed by atoms with van der Waals surface area (Å²) in [6.45, 7) is 1.42. The molecule has 0 amide bonds. The number of esters is 1. The van der Waals surface area contributed by atoms with E-state index in [9.17, 15) is 4.79 Å². The number of alkyl halides is 3. The van der Waals surface area contributed by atoms with Gasteiger partial charge in [0.2, 0.25) is 0 Å². The molecule has 66 valence electrons. The summed E-state index contributed by atoms with van der Waals surface area (Å²) >= 11 is 16.7. The quantitative estimate of drug-likeness (QED) is 0.534. The van der Waals surface area contributed by atoms with Crippen molar-refractivity contribution in [3.05, 3.63) is 0 Å². The Hall–Kier alpha value is 0.340. The molecule has 0 rings (SSSR count). The summed E-state index contributed by atoms with van der Waals surface area (Å²) in [7, 11) is 0. The second-order valence-corrected chi connectivity index (χ2v) is 3.42. The van der Waals surface area contributed by atoms with E-state index >= 15 is 0 Å². The average molecular weight is 219 g/mol. The molecule has 0 N–H and O–H groups in total. The standard InChI is InChI=1S/C6H9Cl3O2/c1-4(10)11-3-6(9)5(8)2-7/h5-6H,2-3H2,1H3. The molecular weight excluding hydrogens is 210 g/mol. The van der Waals surface area contributed by atoms with Crippen LogP contribution >= 0.6 is 34.8 Å². The number of hydrogen-bond acceptors (Lipinski definition) is 2. The van der Waals surface area contributed by atoms with Gasteiger partial charge in [-0.1, -0.05) is 0 Å². The third kappa shape index (κ3) is 5.59. The molecule has 0 radical (unpaired) electrons. The van der Waals surface area contributed by atoms with Crippen LogP contribution in [-0.4, -0.2) is 29.2 Å². The van der Waals surface area contributed by atoms with Gasteiger partial charge in [0.25, 0.3) is 0 Å². The van der Waals surface area contributed by atoms with Gasteiger partial charge in [-0.15, -0.1) is 34.8 Å². The van der Waals surface area contributed by atoms with Crippen LogP contribution in [0.15, 0.2) is 0 Å². The lowest BCUT2D eigenvalue weighted by molar-refractivity contribution is -0.140. The van der Waals surface area contributed by atoms with E-state index in [-0.39, 0.29) is 23.8 Å². The molecule has 0 saturated heterocycles. The first-order valence-corrected chi connectivity index (χ1v) is 4.46. The van der Waals surface area contributed by atoms with Crippen LogP contribution in [0, 0.1) is 0 Å². The van der Waals surface area contributed by atoms with E-state index in [1.54, 1.807) is 0 Å². The van der Waals surface area contributed by atoms with Crippen LogP contribution in [0.2, 0.25) is 0 Å². The van der Waals surface area contributed by atoms with Crippen LogP contribution in [0.1, 0.15) is 6.92 Å². The Kier molecular flexibility index (Phi) is 6.11. The zero-order valence-corrected chi connectivity index (χ0v) is 8.29. The van der Waals surface area contributed by atoms with Gasteiger partial charge in [-0.3, -0.25) is 4.79 Å². The van der Waals surface area contributed by atoms with Crippen LogP contribution in [0.4, 0.5) is 0 Å². The Morgan fingerprint density at radius 1 is 1.45 bits per heavy atom. The average Bonchev–Trinajstić information content (AvgIpc) is 1.98. The summed E-state index contributed by atoms with van der Waals surface area (Å²) in [6, 6.07) is 0. The minimum absolute atomic E-state index is 0.109. The monoisotopic (exact) mass is 218 g/mol. The van der Waals surface area contributed by atoms with Crippen LogP contribution in [-0.2, 0) is 9.53 Å². The van der Waals surface area contributed by atoms with E-state index in [4.69, 9.17) is 34.8 Å². The van der Waals surface area contributed by atoms with Crippen LogP contribution < -0.4 is 0 Å². The number of hydrogen-bond donors (Lipinski definition) is 0. The van der Waals surface area contributed by atoms with Gasteiger partial charge in [0.15, 0.2) is 0 Å². The Labute approximate surface area is 80.7 Å². The highest BCUT2D eigenvalue weighted by Crippen LogP contribution is 2.11. The number of rotatable bonds is 4. The molecule has 0 bridgehead atoms. The van der Waals surface area contributed by atoms with Crippen molar-refractivity contribution in [1.82, 2.24) is 0 Å². The number of halogens is 3. The topological polar surface area (TPSA) is 26.3 Å². The number of carbonyl (C=O) groups is 1. The van der Waals surface area contributed by atoms with E-state index in [1.807, 2.05) is 0 Å². The third-order valence-corrected chi connectivity index (χ3v) is 2.49. The summed E-state index contributed by atoms with van der Waals surface area (Å²) < 4.78 is 4.61. The van der Waals surface area contributed by atoms with Crippen LogP contribution in [0.25, 0.3) is 0 Å². The first-order chi connectivity index (χ1) is 5.07. The van der Waals surface area contributed by atoms with E-state index in [1.165, 1.54) is 6.92 Å². The van der Waals surface area contributed by atoms with Crippen molar-refractivity contribution in [1.29, 1.82) is 0 Å². The highest BCUT2D eigenvalue weighted by atomic mass is 35.5. The molecule has 0 saturated carbocycles. The Morgan fingerprint density at radius 3 is 2.36 bits per heavy atom. The van der Waals surface area contributed by atoms with Gasteiger partial charge in [-0.25, -0.2) is 0 Å². The maximum atomic E-state index is 10.3. The van der Waals surface area contributed by atoms with Gasteiger partial charge < -0.3 is 4.74 Å². The van der Waals surface area contributed by atoms with Crippen molar-refractivity contribution >= 4 is 40.8 Å². The second-order valence-electron chi connectivity index (χ2n) is 1.99. The lowest BCUT2D eigenvalue weighted by Crippen LogP contribution is -2.23. The molecule has 11 heavy (non-hydrogen) atoms. The van der Waals surface area contributed by atoms with Crippen molar-refractivity contribution in [2.75, 3.05) is 12.5 Å². The lowest BCUT2D eigenvalue weighted by atomic mass is 10.3. The summed E-state index contributed by atoms with van der Waals surface area (Å²) in [4.78, 5) is 10.3. The molecule has 2 atom stereocenters. The Balaban J connectivity index is 3.51. The minimum Gasteiger partial charge on any atom is -0.464 e. The van der Waals surface area contributed by atoms with E-state index in [0.717, 1.165) is 0 Å². The van der Waals surface area contributed by atoms with Crippen molar-refractivity contribution in [3.63, 3.8) is 0 Å². The van der Waals surface area contributed by atoms with Gasteiger partial charge in [-0.05, 0) is 0 Å². The molecule has 0 aliphatic carbocycles. The summed E-state index contributed by atoms with van der Waals surface area (Å²) in [5, 5.41) is -0.782. The first-order valence-electron chi connectivity index (χ1n) is 3.05. The molecule has 0 aliphatic rings. The van der Waals surface area contributed by atoms with Crippen LogP contribution in [0.5, 0.6) is 0 Å². The molecule has 0 aromatic rings. The highest BCUT2D eigenvalue weighted by Gasteiger charge is 2.16. The van der Waals surface area contributed by atoms with Crippen molar-refractivity contribution < 1.29 is 9.53 Å². The zero-order valence-electron chi connectivity index (χ0n) is 6.02. The summed E-state index contributed by atoms with van der Waals surface area (Å²) in [6.07, 6.45) is 0. The number of carbonyl (C=O) groups excluding carboxylic acids is 1. The fourth-order valence-corrected chi connectivity index (χ4v) is 0.929. The second kappa shape index (κ2) is 5.92. The van der Waals surface area contributed by atoms with Gasteiger partial charge >= 0.3 is 5.97 Å². The molecular formula is C6H9Cl3O2. The maximum absolute atomic E-state index is 10.3. The van der Waals surface area contributed by atoms with E-state index < -0.39 is 5.38 Å². The van der Waals surface area contributed by atoms with Gasteiger partial charge in [0.1, 0.15) is 6.61 Å². The smallest absolute Gasteiger partial charge is 0.302 e. The Morgan fingerprint density at radius 2 is 2.00 bits per heavy atom. The molecule has 2 nitrogen and oxygen atoms in total. The molecule has 0 aromatic carbocycles. The Bertz CT molecular complexity index is 129. The predicted octanol–water partition coefficient (Wildman–Crippen LogP) is 2.00. The fourth-order valence-electron chi connectivity index (χ4n) is 0.398. The molecule has 0 fully saturated rings. The molecule has 2 unspecified atom stereocenters. The normalized spacial score (nSPS) is 15.6. The molecule has 0 heterocycles. The lowest BCUT2D eigenvalue weighted by Gasteiger charge is -2.12. The minimum atomic E-state index is -0.418. The van der Waals surface area contributed by atoms with Crippen molar-refractivity contribution in [2.45, 2.75) is 17.7 Å².